The first-order valence-electron chi connectivity index (χ1n) is 8.30. The Bertz CT molecular complexity index is 288. The molecule has 0 radical (unpaired) electrons. The second kappa shape index (κ2) is 5.73. The Morgan fingerprint density at radius 1 is 1.11 bits per heavy atom. The van der Waals surface area contributed by atoms with Crippen molar-refractivity contribution in [2.24, 2.45) is 23.0 Å². The maximum Gasteiger partial charge on any atom is 0.0253 e. The second-order valence-corrected chi connectivity index (χ2v) is 8.43. The number of hydrogen-bond acceptors (Lipinski definition) is 2. The summed E-state index contributed by atoms with van der Waals surface area (Å²) in [6.07, 6.45) is 6.65. The van der Waals surface area contributed by atoms with Crippen molar-refractivity contribution in [2.45, 2.75) is 84.8 Å². The average Bonchev–Trinajstić information content (AvgIpc) is 3.08. The van der Waals surface area contributed by atoms with E-state index in [1.165, 1.54) is 38.6 Å². The maximum absolute atomic E-state index is 6.49. The number of nitrogens with two attached hydrogens (primary N) is 1. The molecule has 2 heteroatoms. The molecule has 2 N–H and O–H groups in total. The van der Waals surface area contributed by atoms with Crippen LogP contribution in [-0.4, -0.2) is 29.6 Å². The van der Waals surface area contributed by atoms with Gasteiger partial charge in [-0.3, -0.25) is 4.90 Å². The van der Waals surface area contributed by atoms with Gasteiger partial charge in [-0.2, -0.15) is 0 Å². The van der Waals surface area contributed by atoms with Gasteiger partial charge in [0, 0.05) is 24.7 Å². The Kier molecular flexibility index (Phi) is 4.62. The summed E-state index contributed by atoms with van der Waals surface area (Å²) in [6, 6.07) is 1.88. The van der Waals surface area contributed by atoms with Gasteiger partial charge in [0.05, 0.1) is 0 Å². The topological polar surface area (TPSA) is 29.3 Å². The summed E-state index contributed by atoms with van der Waals surface area (Å²) in [5.41, 5.74) is 6.92. The number of nitrogens with zero attached hydrogens (tertiary/aromatic N) is 1. The van der Waals surface area contributed by atoms with Crippen LogP contribution in [0.15, 0.2) is 0 Å². The molecule has 0 bridgehead atoms. The molecule has 0 aromatic rings. The second-order valence-electron chi connectivity index (χ2n) is 8.43. The molecule has 112 valence electrons. The quantitative estimate of drug-likeness (QED) is 0.841. The number of rotatable bonds is 4. The SMILES string of the molecule is CC(C)CN(C1CC1)C1CC(C(C)(C)C)CCC1N. The highest BCUT2D eigenvalue weighted by Crippen LogP contribution is 2.41. The van der Waals surface area contributed by atoms with Gasteiger partial charge in [-0.15, -0.1) is 0 Å². The van der Waals surface area contributed by atoms with Crippen molar-refractivity contribution < 1.29 is 0 Å². The zero-order valence-electron chi connectivity index (χ0n) is 13.7. The van der Waals surface area contributed by atoms with Gasteiger partial charge in [-0.05, 0) is 49.4 Å². The molecule has 0 aliphatic heterocycles. The Labute approximate surface area is 120 Å². The summed E-state index contributed by atoms with van der Waals surface area (Å²) < 4.78 is 0. The van der Waals surface area contributed by atoms with Crippen LogP contribution in [0.4, 0.5) is 0 Å². The molecule has 19 heavy (non-hydrogen) atoms. The zero-order chi connectivity index (χ0) is 14.2. The monoisotopic (exact) mass is 266 g/mol. The summed E-state index contributed by atoms with van der Waals surface area (Å²) >= 11 is 0. The standard InChI is InChI=1S/C17H34N2/c1-12(2)11-19(14-7-8-14)16-10-13(17(3,4)5)6-9-15(16)18/h12-16H,6-11,18H2,1-5H3. The van der Waals surface area contributed by atoms with E-state index in [9.17, 15) is 0 Å². The highest BCUT2D eigenvalue weighted by atomic mass is 15.2. The molecule has 3 atom stereocenters. The minimum Gasteiger partial charge on any atom is -0.326 e. The summed E-state index contributed by atoms with van der Waals surface area (Å²) in [6.45, 7) is 13.1. The molecule has 0 spiro atoms. The van der Waals surface area contributed by atoms with Crippen LogP contribution in [0.5, 0.6) is 0 Å². The molecule has 0 heterocycles. The van der Waals surface area contributed by atoms with E-state index < -0.39 is 0 Å². The van der Waals surface area contributed by atoms with E-state index in [0.717, 1.165) is 17.9 Å². The lowest BCUT2D eigenvalue weighted by Crippen LogP contribution is -2.54. The minimum absolute atomic E-state index is 0.401. The van der Waals surface area contributed by atoms with Crippen molar-refractivity contribution >= 4 is 0 Å². The van der Waals surface area contributed by atoms with Crippen LogP contribution in [0.3, 0.4) is 0 Å². The van der Waals surface area contributed by atoms with Crippen LogP contribution in [0, 0.1) is 17.3 Å². The van der Waals surface area contributed by atoms with Gasteiger partial charge in [0.2, 0.25) is 0 Å². The Morgan fingerprint density at radius 3 is 2.21 bits per heavy atom. The first-order valence-corrected chi connectivity index (χ1v) is 8.30. The smallest absolute Gasteiger partial charge is 0.0253 e. The van der Waals surface area contributed by atoms with E-state index in [4.69, 9.17) is 5.73 Å². The Morgan fingerprint density at radius 2 is 1.74 bits per heavy atom. The van der Waals surface area contributed by atoms with Crippen LogP contribution in [-0.2, 0) is 0 Å². The predicted molar refractivity (Wildman–Crippen MR) is 83.1 cm³/mol. The fraction of sp³-hybridized carbons (Fsp3) is 1.00. The summed E-state index contributed by atoms with van der Waals surface area (Å²) in [7, 11) is 0. The highest BCUT2D eigenvalue weighted by molar-refractivity contribution is 4.97. The molecule has 2 saturated carbocycles. The van der Waals surface area contributed by atoms with Crippen molar-refractivity contribution in [1.29, 1.82) is 0 Å². The molecule has 0 amide bonds. The molecule has 3 unspecified atom stereocenters. The lowest BCUT2D eigenvalue weighted by atomic mass is 9.69. The van der Waals surface area contributed by atoms with E-state index in [1.54, 1.807) is 0 Å². The Hall–Kier alpha value is -0.0800. The van der Waals surface area contributed by atoms with E-state index in [1.807, 2.05) is 0 Å². The summed E-state index contributed by atoms with van der Waals surface area (Å²) in [4.78, 5) is 2.77. The van der Waals surface area contributed by atoms with Crippen LogP contribution in [0.1, 0.15) is 66.7 Å². The van der Waals surface area contributed by atoms with Gasteiger partial charge in [0.15, 0.2) is 0 Å². The Balaban J connectivity index is 2.05. The van der Waals surface area contributed by atoms with Gasteiger partial charge < -0.3 is 5.73 Å². The summed E-state index contributed by atoms with van der Waals surface area (Å²) in [5.74, 6) is 1.59. The maximum atomic E-state index is 6.49. The predicted octanol–water partition coefficient (Wildman–Crippen LogP) is 3.65. The minimum atomic E-state index is 0.401. The molecule has 0 aromatic heterocycles. The first-order chi connectivity index (χ1) is 8.79. The lowest BCUT2D eigenvalue weighted by Gasteiger charge is -2.46. The van der Waals surface area contributed by atoms with Crippen LogP contribution >= 0.6 is 0 Å². The van der Waals surface area contributed by atoms with Crippen molar-refractivity contribution in [1.82, 2.24) is 4.90 Å². The molecule has 2 aliphatic rings. The van der Waals surface area contributed by atoms with Gasteiger partial charge in [0.1, 0.15) is 0 Å². The van der Waals surface area contributed by atoms with Crippen molar-refractivity contribution in [3.8, 4) is 0 Å². The third-order valence-corrected chi connectivity index (χ3v) is 5.11. The van der Waals surface area contributed by atoms with Gasteiger partial charge in [-0.25, -0.2) is 0 Å². The normalized spacial score (nSPS) is 33.2. The number of hydrogen-bond donors (Lipinski definition) is 1. The largest absolute Gasteiger partial charge is 0.326 e. The third-order valence-electron chi connectivity index (χ3n) is 5.11. The first kappa shape index (κ1) is 15.3. The van der Waals surface area contributed by atoms with E-state index in [-0.39, 0.29) is 0 Å². The molecular formula is C17H34N2. The molecule has 0 aromatic carbocycles. The molecule has 0 saturated heterocycles. The van der Waals surface area contributed by atoms with Crippen molar-refractivity contribution in [3.05, 3.63) is 0 Å². The molecular weight excluding hydrogens is 232 g/mol. The van der Waals surface area contributed by atoms with E-state index >= 15 is 0 Å². The molecule has 2 rings (SSSR count). The van der Waals surface area contributed by atoms with Crippen LogP contribution in [0.25, 0.3) is 0 Å². The van der Waals surface area contributed by atoms with Gasteiger partial charge in [-0.1, -0.05) is 34.6 Å². The molecule has 2 aliphatic carbocycles. The average molecular weight is 266 g/mol. The fourth-order valence-corrected chi connectivity index (χ4v) is 3.72. The van der Waals surface area contributed by atoms with Crippen LogP contribution < -0.4 is 5.73 Å². The van der Waals surface area contributed by atoms with Gasteiger partial charge in [0.25, 0.3) is 0 Å². The van der Waals surface area contributed by atoms with Crippen molar-refractivity contribution in [3.63, 3.8) is 0 Å². The summed E-state index contributed by atoms with van der Waals surface area (Å²) in [5, 5.41) is 0. The molecule has 2 nitrogen and oxygen atoms in total. The van der Waals surface area contributed by atoms with E-state index in [0.29, 0.717) is 17.5 Å². The van der Waals surface area contributed by atoms with Gasteiger partial charge >= 0.3 is 0 Å². The highest BCUT2D eigenvalue weighted by Gasteiger charge is 2.41. The van der Waals surface area contributed by atoms with Crippen molar-refractivity contribution in [2.75, 3.05) is 6.54 Å². The van der Waals surface area contributed by atoms with Crippen LogP contribution in [0.2, 0.25) is 0 Å². The zero-order valence-corrected chi connectivity index (χ0v) is 13.7. The van der Waals surface area contributed by atoms with E-state index in [2.05, 4.69) is 39.5 Å². The lowest BCUT2D eigenvalue weighted by molar-refractivity contribution is 0.0571. The fourth-order valence-electron chi connectivity index (χ4n) is 3.72. The molecule has 2 fully saturated rings. The third kappa shape index (κ3) is 3.95.